The predicted octanol–water partition coefficient (Wildman–Crippen LogP) is 3.58. The Morgan fingerprint density at radius 2 is 1.64 bits per heavy atom. The van der Waals surface area contributed by atoms with Crippen molar-refractivity contribution in [1.29, 1.82) is 0 Å². The summed E-state index contributed by atoms with van der Waals surface area (Å²) in [5.74, 6) is 0.140. The van der Waals surface area contributed by atoms with Crippen LogP contribution in [0.1, 0.15) is 18.4 Å². The number of hydrogen-bond acceptors (Lipinski definition) is 7. The van der Waals surface area contributed by atoms with Crippen molar-refractivity contribution < 1.29 is 14.4 Å². The summed E-state index contributed by atoms with van der Waals surface area (Å²) in [4.78, 5) is 34.9. The summed E-state index contributed by atoms with van der Waals surface area (Å²) in [5, 5.41) is 15.9. The molecule has 12 heteroatoms. The van der Waals surface area contributed by atoms with Crippen LogP contribution in [0.15, 0.2) is 36.4 Å². The van der Waals surface area contributed by atoms with E-state index in [2.05, 4.69) is 25.6 Å². The van der Waals surface area contributed by atoms with Crippen molar-refractivity contribution in [3.8, 4) is 0 Å². The average Bonchev–Trinajstić information content (AvgIpc) is 3.32. The number of rotatable bonds is 5. The third kappa shape index (κ3) is 6.07. The van der Waals surface area contributed by atoms with Gasteiger partial charge in [0, 0.05) is 61.0 Å². The van der Waals surface area contributed by atoms with Crippen LogP contribution in [-0.2, 0) is 16.1 Å². The number of hydroxylamine groups is 2. The second kappa shape index (κ2) is 11.0. The maximum atomic E-state index is 12.8. The molecule has 2 aliphatic rings. The zero-order valence-corrected chi connectivity index (χ0v) is 21.1. The van der Waals surface area contributed by atoms with Gasteiger partial charge in [0.05, 0.1) is 6.42 Å². The van der Waals surface area contributed by atoms with Crippen LogP contribution in [0.2, 0.25) is 10.0 Å². The van der Waals surface area contributed by atoms with E-state index in [0.29, 0.717) is 41.3 Å². The number of fused-ring (bicyclic) bond motifs is 1. The van der Waals surface area contributed by atoms with Gasteiger partial charge in [-0.15, -0.1) is 5.06 Å². The number of aromatic amines is 1. The second-order valence-corrected chi connectivity index (χ2v) is 9.94. The molecular formula is C24H27Cl2N7O3. The highest BCUT2D eigenvalue weighted by Gasteiger charge is 2.30. The van der Waals surface area contributed by atoms with Gasteiger partial charge in [-0.3, -0.25) is 15.0 Å². The molecule has 2 aliphatic heterocycles. The molecule has 0 spiro atoms. The van der Waals surface area contributed by atoms with E-state index >= 15 is 0 Å². The summed E-state index contributed by atoms with van der Waals surface area (Å²) in [6, 6.07) is 11.0. The molecule has 0 bridgehead atoms. The Labute approximate surface area is 218 Å². The highest BCUT2D eigenvalue weighted by atomic mass is 35.5. The number of nitrogens with zero attached hydrogens (tertiary/aromatic N) is 5. The van der Waals surface area contributed by atoms with E-state index in [-0.39, 0.29) is 5.91 Å². The van der Waals surface area contributed by atoms with Crippen molar-refractivity contribution in [1.82, 2.24) is 30.3 Å². The van der Waals surface area contributed by atoms with Crippen molar-refractivity contribution >= 4 is 51.9 Å². The SMILES string of the molecule is O=C(Nc1cc(Cl)cc(Cl)c1)ON1CCN(C2CCN(C(=O)Cc3ccc4n[nH]nc4c3)CC2)CC1. The fraction of sp³-hybridized carbons (Fsp3) is 0.417. The zero-order chi connectivity index (χ0) is 25.1. The summed E-state index contributed by atoms with van der Waals surface area (Å²) in [5.41, 5.74) is 3.00. The minimum atomic E-state index is -0.573. The van der Waals surface area contributed by atoms with Gasteiger partial charge in [-0.2, -0.15) is 15.4 Å². The minimum Gasteiger partial charge on any atom is -0.351 e. The Hall–Kier alpha value is -2.92. The summed E-state index contributed by atoms with van der Waals surface area (Å²) in [6.45, 7) is 4.33. The molecule has 0 unspecified atom stereocenters. The van der Waals surface area contributed by atoms with E-state index in [1.807, 2.05) is 23.1 Å². The van der Waals surface area contributed by atoms with Crippen LogP contribution >= 0.6 is 23.2 Å². The first-order chi connectivity index (χ1) is 17.4. The molecule has 36 heavy (non-hydrogen) atoms. The van der Waals surface area contributed by atoms with E-state index in [4.69, 9.17) is 28.0 Å². The van der Waals surface area contributed by atoms with Crippen molar-refractivity contribution in [3.63, 3.8) is 0 Å². The lowest BCUT2D eigenvalue weighted by Crippen LogP contribution is -2.54. The topological polar surface area (TPSA) is 107 Å². The monoisotopic (exact) mass is 531 g/mol. The van der Waals surface area contributed by atoms with Gasteiger partial charge in [0.2, 0.25) is 5.91 Å². The zero-order valence-electron chi connectivity index (χ0n) is 19.6. The first-order valence-electron chi connectivity index (χ1n) is 11.9. The van der Waals surface area contributed by atoms with Crippen LogP contribution < -0.4 is 5.32 Å². The highest BCUT2D eigenvalue weighted by molar-refractivity contribution is 6.35. The smallest absolute Gasteiger partial charge is 0.351 e. The second-order valence-electron chi connectivity index (χ2n) is 9.06. The number of amides is 2. The summed E-state index contributed by atoms with van der Waals surface area (Å²) < 4.78 is 0. The normalized spacial score (nSPS) is 17.9. The molecule has 190 valence electrons. The van der Waals surface area contributed by atoms with Crippen molar-refractivity contribution in [2.24, 2.45) is 0 Å². The molecule has 2 saturated heterocycles. The van der Waals surface area contributed by atoms with Crippen LogP contribution in [0.4, 0.5) is 10.5 Å². The van der Waals surface area contributed by atoms with Crippen molar-refractivity contribution in [3.05, 3.63) is 52.0 Å². The number of aromatic nitrogens is 3. The lowest BCUT2D eigenvalue weighted by Gasteiger charge is -2.42. The van der Waals surface area contributed by atoms with E-state index in [1.54, 1.807) is 23.3 Å². The third-order valence-corrected chi connectivity index (χ3v) is 7.10. The number of nitrogens with one attached hydrogen (secondary N) is 2. The summed E-state index contributed by atoms with van der Waals surface area (Å²) >= 11 is 11.9. The maximum absolute atomic E-state index is 12.8. The van der Waals surface area contributed by atoms with Crippen molar-refractivity contribution in [2.45, 2.75) is 25.3 Å². The molecule has 10 nitrogen and oxygen atoms in total. The van der Waals surface area contributed by atoms with Gasteiger partial charge in [0.15, 0.2) is 0 Å². The number of piperidine rings is 1. The predicted molar refractivity (Wildman–Crippen MR) is 137 cm³/mol. The van der Waals surface area contributed by atoms with Crippen LogP contribution in [0.5, 0.6) is 0 Å². The molecule has 3 heterocycles. The number of anilines is 1. The van der Waals surface area contributed by atoms with E-state index in [0.717, 1.165) is 55.6 Å². The number of halogens is 2. The Morgan fingerprint density at radius 3 is 2.36 bits per heavy atom. The highest BCUT2D eigenvalue weighted by Crippen LogP contribution is 2.23. The number of likely N-dealkylation sites (tertiary alicyclic amines) is 1. The molecule has 2 N–H and O–H groups in total. The number of carbonyl (C=O) groups is 2. The maximum Gasteiger partial charge on any atom is 0.430 e. The largest absolute Gasteiger partial charge is 0.430 e. The van der Waals surface area contributed by atoms with Gasteiger partial charge in [-0.25, -0.2) is 4.79 Å². The van der Waals surface area contributed by atoms with Gasteiger partial charge in [0.1, 0.15) is 11.0 Å². The van der Waals surface area contributed by atoms with Crippen LogP contribution in [0.25, 0.3) is 11.0 Å². The fourth-order valence-electron chi connectivity index (χ4n) is 4.81. The molecule has 0 atom stereocenters. The van der Waals surface area contributed by atoms with E-state index in [1.165, 1.54) is 0 Å². The molecule has 2 amide bonds. The molecule has 1 aromatic heterocycles. The number of hydrogen-bond donors (Lipinski definition) is 2. The van der Waals surface area contributed by atoms with E-state index in [9.17, 15) is 9.59 Å². The Bertz CT molecular complexity index is 1220. The van der Waals surface area contributed by atoms with Gasteiger partial charge in [-0.1, -0.05) is 29.3 Å². The summed E-state index contributed by atoms with van der Waals surface area (Å²) in [7, 11) is 0. The van der Waals surface area contributed by atoms with Gasteiger partial charge in [0.25, 0.3) is 0 Å². The van der Waals surface area contributed by atoms with Crippen LogP contribution in [0.3, 0.4) is 0 Å². The molecule has 2 aromatic carbocycles. The fourth-order valence-corrected chi connectivity index (χ4v) is 5.33. The molecule has 0 aliphatic carbocycles. The van der Waals surface area contributed by atoms with Gasteiger partial charge >= 0.3 is 6.09 Å². The molecule has 3 aromatic rings. The Morgan fingerprint density at radius 1 is 0.944 bits per heavy atom. The first kappa shape index (κ1) is 24.8. The quantitative estimate of drug-likeness (QED) is 0.518. The van der Waals surface area contributed by atoms with Gasteiger partial charge in [-0.05, 0) is 48.7 Å². The molecular weight excluding hydrogens is 505 g/mol. The average molecular weight is 532 g/mol. The van der Waals surface area contributed by atoms with Crippen LogP contribution in [-0.4, -0.2) is 87.6 Å². The van der Waals surface area contributed by atoms with Crippen molar-refractivity contribution in [2.75, 3.05) is 44.6 Å². The molecule has 5 rings (SSSR count). The number of H-pyrrole nitrogens is 1. The van der Waals surface area contributed by atoms with Crippen LogP contribution in [0, 0.1) is 0 Å². The van der Waals surface area contributed by atoms with Gasteiger partial charge < -0.3 is 9.74 Å². The lowest BCUT2D eigenvalue weighted by atomic mass is 10.0. The van der Waals surface area contributed by atoms with E-state index < -0.39 is 6.09 Å². The first-order valence-corrected chi connectivity index (χ1v) is 12.7. The minimum absolute atomic E-state index is 0.140. The summed E-state index contributed by atoms with van der Waals surface area (Å²) in [6.07, 6.45) is 1.67. The molecule has 0 saturated carbocycles. The number of carbonyl (C=O) groups excluding carboxylic acids is 2. The number of benzene rings is 2. The molecule has 0 radical (unpaired) electrons. The molecule has 2 fully saturated rings. The number of piperazine rings is 1. The lowest BCUT2D eigenvalue weighted by molar-refractivity contribution is -0.134. The Balaban J connectivity index is 1.04. The Kier molecular flexibility index (Phi) is 7.56. The standard InChI is InChI=1S/C24H27Cl2N7O3/c25-17-13-18(26)15-19(14-17)27-24(35)36-33-9-7-31(8-10-33)20-3-5-32(6-4-20)23(34)12-16-1-2-21-22(11-16)29-30-28-21/h1-2,11,13-15,20H,3-10,12H2,(H,27,35)(H,28,29,30). The third-order valence-electron chi connectivity index (χ3n) is 6.66.